The van der Waals surface area contributed by atoms with E-state index in [1.807, 2.05) is 18.2 Å². The fraction of sp³-hybridized carbons (Fsp3) is 0.412. The predicted octanol–water partition coefficient (Wildman–Crippen LogP) is 3.46. The van der Waals surface area contributed by atoms with Crippen LogP contribution in [0.3, 0.4) is 0 Å². The van der Waals surface area contributed by atoms with Crippen LogP contribution in [0.4, 0.5) is 5.69 Å². The predicted molar refractivity (Wildman–Crippen MR) is 81.3 cm³/mol. The topological polar surface area (TPSA) is 42.4 Å². The first-order valence-corrected chi connectivity index (χ1v) is 7.42. The molecule has 0 saturated heterocycles. The summed E-state index contributed by atoms with van der Waals surface area (Å²) in [5, 5.41) is 0. The Morgan fingerprint density at radius 3 is 2.60 bits per heavy atom. The lowest BCUT2D eigenvalue weighted by molar-refractivity contribution is 0.231. The number of furan rings is 1. The molecule has 0 bridgehead atoms. The Balaban J connectivity index is 1.48. The van der Waals surface area contributed by atoms with Crippen LogP contribution in [0, 0.1) is 0 Å². The zero-order valence-electron chi connectivity index (χ0n) is 11.8. The SMILES string of the molecule is Nc1ccc(CCCN(Cc2ccco2)C2CC2)cc1. The second kappa shape index (κ2) is 6.14. The number of hydrogen-bond donors (Lipinski definition) is 1. The minimum Gasteiger partial charge on any atom is -0.468 e. The van der Waals surface area contributed by atoms with Crippen LogP contribution in [-0.4, -0.2) is 17.5 Å². The van der Waals surface area contributed by atoms with Gasteiger partial charge < -0.3 is 10.2 Å². The molecule has 1 aliphatic rings. The van der Waals surface area contributed by atoms with Gasteiger partial charge in [0.2, 0.25) is 0 Å². The minimum atomic E-state index is 0.770. The van der Waals surface area contributed by atoms with Crippen molar-refractivity contribution in [3.63, 3.8) is 0 Å². The van der Waals surface area contributed by atoms with Gasteiger partial charge in [0, 0.05) is 11.7 Å². The quantitative estimate of drug-likeness (QED) is 0.783. The molecule has 0 aliphatic heterocycles. The molecule has 0 radical (unpaired) electrons. The second-order valence-electron chi connectivity index (χ2n) is 5.63. The molecule has 0 amide bonds. The van der Waals surface area contributed by atoms with Crippen molar-refractivity contribution in [1.29, 1.82) is 0 Å². The molecule has 0 atom stereocenters. The molecular formula is C17H22N2O. The third kappa shape index (κ3) is 3.64. The van der Waals surface area contributed by atoms with Gasteiger partial charge >= 0.3 is 0 Å². The van der Waals surface area contributed by atoms with E-state index in [1.54, 1.807) is 6.26 Å². The van der Waals surface area contributed by atoms with Crippen LogP contribution in [-0.2, 0) is 13.0 Å². The first kappa shape index (κ1) is 13.3. The molecule has 1 aliphatic carbocycles. The average Bonchev–Trinajstić information content (AvgIpc) is 3.18. The smallest absolute Gasteiger partial charge is 0.117 e. The van der Waals surface area contributed by atoms with E-state index in [-0.39, 0.29) is 0 Å². The molecule has 0 spiro atoms. The van der Waals surface area contributed by atoms with E-state index in [1.165, 1.54) is 24.8 Å². The van der Waals surface area contributed by atoms with Crippen molar-refractivity contribution in [2.24, 2.45) is 0 Å². The van der Waals surface area contributed by atoms with E-state index in [0.717, 1.165) is 37.0 Å². The Kier molecular flexibility index (Phi) is 4.07. The molecule has 106 valence electrons. The second-order valence-corrected chi connectivity index (χ2v) is 5.63. The largest absolute Gasteiger partial charge is 0.468 e. The molecule has 1 heterocycles. The summed E-state index contributed by atoms with van der Waals surface area (Å²) in [5.74, 6) is 1.07. The number of benzene rings is 1. The zero-order valence-corrected chi connectivity index (χ0v) is 11.8. The Bertz CT molecular complexity index is 514. The van der Waals surface area contributed by atoms with Crippen LogP contribution in [0.15, 0.2) is 47.1 Å². The average molecular weight is 270 g/mol. The van der Waals surface area contributed by atoms with Crippen LogP contribution >= 0.6 is 0 Å². The van der Waals surface area contributed by atoms with Crippen molar-refractivity contribution < 1.29 is 4.42 Å². The summed E-state index contributed by atoms with van der Waals surface area (Å²) >= 11 is 0. The van der Waals surface area contributed by atoms with Gasteiger partial charge in [0.1, 0.15) is 5.76 Å². The van der Waals surface area contributed by atoms with Crippen LogP contribution in [0.2, 0.25) is 0 Å². The lowest BCUT2D eigenvalue weighted by Gasteiger charge is -2.20. The maximum absolute atomic E-state index is 5.71. The Labute approximate surface area is 120 Å². The van der Waals surface area contributed by atoms with E-state index < -0.39 is 0 Å². The normalized spacial score (nSPS) is 14.8. The van der Waals surface area contributed by atoms with Gasteiger partial charge in [0.15, 0.2) is 0 Å². The van der Waals surface area contributed by atoms with E-state index in [0.29, 0.717) is 0 Å². The van der Waals surface area contributed by atoms with E-state index in [2.05, 4.69) is 23.1 Å². The van der Waals surface area contributed by atoms with Gasteiger partial charge in [-0.25, -0.2) is 0 Å². The number of nitrogen functional groups attached to an aromatic ring is 1. The monoisotopic (exact) mass is 270 g/mol. The van der Waals surface area contributed by atoms with Crippen molar-refractivity contribution in [3.05, 3.63) is 54.0 Å². The summed E-state index contributed by atoms with van der Waals surface area (Å²) < 4.78 is 5.46. The molecule has 3 heteroatoms. The third-order valence-electron chi connectivity index (χ3n) is 3.89. The van der Waals surface area contributed by atoms with Gasteiger partial charge in [-0.2, -0.15) is 0 Å². The van der Waals surface area contributed by atoms with Crippen LogP contribution < -0.4 is 5.73 Å². The molecule has 2 aromatic rings. The highest BCUT2D eigenvalue weighted by molar-refractivity contribution is 5.39. The standard InChI is InChI=1S/C17H22N2O/c18-15-7-5-14(6-8-15)3-1-11-19(16-9-10-16)13-17-4-2-12-20-17/h2,4-8,12,16H,1,3,9-11,13,18H2. The van der Waals surface area contributed by atoms with Gasteiger partial charge in [-0.15, -0.1) is 0 Å². The van der Waals surface area contributed by atoms with Crippen molar-refractivity contribution >= 4 is 5.69 Å². The van der Waals surface area contributed by atoms with Crippen LogP contribution in [0.1, 0.15) is 30.6 Å². The maximum Gasteiger partial charge on any atom is 0.117 e. The first-order valence-electron chi connectivity index (χ1n) is 7.42. The number of nitrogens with zero attached hydrogens (tertiary/aromatic N) is 1. The van der Waals surface area contributed by atoms with Gasteiger partial charge in [-0.05, 0) is 62.1 Å². The number of hydrogen-bond acceptors (Lipinski definition) is 3. The fourth-order valence-corrected chi connectivity index (χ4v) is 2.60. The number of rotatable bonds is 7. The first-order chi connectivity index (χ1) is 9.81. The molecule has 3 rings (SSSR count). The van der Waals surface area contributed by atoms with Gasteiger partial charge in [0.25, 0.3) is 0 Å². The highest BCUT2D eigenvalue weighted by Gasteiger charge is 2.28. The highest BCUT2D eigenvalue weighted by atomic mass is 16.3. The molecule has 1 aromatic carbocycles. The number of nitrogens with two attached hydrogens (primary N) is 1. The minimum absolute atomic E-state index is 0.770. The summed E-state index contributed by atoms with van der Waals surface area (Å²) in [6.07, 6.45) is 6.72. The summed E-state index contributed by atoms with van der Waals surface area (Å²) in [6, 6.07) is 13.0. The molecule has 0 unspecified atom stereocenters. The zero-order chi connectivity index (χ0) is 13.8. The third-order valence-corrected chi connectivity index (χ3v) is 3.89. The van der Waals surface area contributed by atoms with E-state index in [9.17, 15) is 0 Å². The molecule has 1 aromatic heterocycles. The van der Waals surface area contributed by atoms with Crippen molar-refractivity contribution in [1.82, 2.24) is 4.90 Å². The van der Waals surface area contributed by atoms with E-state index >= 15 is 0 Å². The van der Waals surface area contributed by atoms with Crippen molar-refractivity contribution in [2.45, 2.75) is 38.3 Å². The number of aryl methyl sites for hydroxylation is 1. The molecule has 2 N–H and O–H groups in total. The summed E-state index contributed by atoms with van der Waals surface area (Å²) in [4.78, 5) is 2.55. The highest BCUT2D eigenvalue weighted by Crippen LogP contribution is 2.28. The van der Waals surface area contributed by atoms with Crippen LogP contribution in [0.5, 0.6) is 0 Å². The molecule has 1 saturated carbocycles. The Hall–Kier alpha value is -1.74. The summed E-state index contributed by atoms with van der Waals surface area (Å²) in [6.45, 7) is 2.08. The van der Waals surface area contributed by atoms with Gasteiger partial charge in [-0.1, -0.05) is 12.1 Å². The molecule has 1 fully saturated rings. The van der Waals surface area contributed by atoms with Crippen LogP contribution in [0.25, 0.3) is 0 Å². The summed E-state index contributed by atoms with van der Waals surface area (Å²) in [5.41, 5.74) is 7.92. The maximum atomic E-state index is 5.71. The van der Waals surface area contributed by atoms with E-state index in [4.69, 9.17) is 10.2 Å². The molecular weight excluding hydrogens is 248 g/mol. The lowest BCUT2D eigenvalue weighted by Crippen LogP contribution is -2.26. The molecule has 20 heavy (non-hydrogen) atoms. The van der Waals surface area contributed by atoms with Gasteiger partial charge in [-0.3, -0.25) is 4.90 Å². The lowest BCUT2D eigenvalue weighted by atomic mass is 10.1. The fourth-order valence-electron chi connectivity index (χ4n) is 2.60. The molecule has 3 nitrogen and oxygen atoms in total. The number of anilines is 1. The Morgan fingerprint density at radius 2 is 1.95 bits per heavy atom. The van der Waals surface area contributed by atoms with Crippen molar-refractivity contribution in [3.8, 4) is 0 Å². The van der Waals surface area contributed by atoms with Crippen molar-refractivity contribution in [2.75, 3.05) is 12.3 Å². The van der Waals surface area contributed by atoms with Gasteiger partial charge in [0.05, 0.1) is 12.8 Å². The summed E-state index contributed by atoms with van der Waals surface area (Å²) in [7, 11) is 0. The Morgan fingerprint density at radius 1 is 1.15 bits per heavy atom.